The molecule has 0 spiro atoms. The summed E-state index contributed by atoms with van der Waals surface area (Å²) in [6.07, 6.45) is 0.261. The van der Waals surface area contributed by atoms with Crippen molar-refractivity contribution in [1.82, 2.24) is 0 Å². The van der Waals surface area contributed by atoms with Crippen molar-refractivity contribution in [2.75, 3.05) is 18.6 Å². The number of hydrogen-bond acceptors (Lipinski definition) is 6. The van der Waals surface area contributed by atoms with Crippen LogP contribution in [0.3, 0.4) is 0 Å². The van der Waals surface area contributed by atoms with Gasteiger partial charge in [-0.2, -0.15) is 0 Å². The Hall–Kier alpha value is -0.490. The molecule has 0 amide bonds. The van der Waals surface area contributed by atoms with Gasteiger partial charge in [0.15, 0.2) is 0 Å². The van der Waals surface area contributed by atoms with Crippen LogP contribution < -0.4 is 0 Å². The molecule has 0 saturated carbocycles. The van der Waals surface area contributed by atoms with Crippen LogP contribution in [0.15, 0.2) is 4.99 Å². The van der Waals surface area contributed by atoms with Crippen molar-refractivity contribution in [2.45, 2.75) is 32.7 Å². The number of thioether (sulfide) groups is 2. The summed E-state index contributed by atoms with van der Waals surface area (Å²) in [5.41, 5.74) is -0.634. The number of carbonyl (C=O) groups is 2. The van der Waals surface area contributed by atoms with E-state index in [0.29, 0.717) is 17.4 Å². The van der Waals surface area contributed by atoms with Gasteiger partial charge in [-0.3, -0.25) is 14.6 Å². The average molecular weight is 289 g/mol. The van der Waals surface area contributed by atoms with E-state index < -0.39 is 5.54 Å². The first-order chi connectivity index (χ1) is 8.39. The second kappa shape index (κ2) is 6.61. The zero-order valence-electron chi connectivity index (χ0n) is 11.2. The van der Waals surface area contributed by atoms with Crippen LogP contribution >= 0.6 is 23.5 Å². The van der Waals surface area contributed by atoms with Gasteiger partial charge in [0.2, 0.25) is 5.12 Å². The van der Waals surface area contributed by atoms with Crippen molar-refractivity contribution in [1.29, 1.82) is 0 Å². The van der Waals surface area contributed by atoms with Crippen molar-refractivity contribution >= 4 is 39.7 Å². The number of rotatable bonds is 5. The minimum Gasteiger partial charge on any atom is -0.469 e. The van der Waals surface area contributed by atoms with Crippen LogP contribution in [0.5, 0.6) is 0 Å². The predicted octanol–water partition coefficient (Wildman–Crippen LogP) is 2.37. The number of carbonyl (C=O) groups excluding carboxylic acids is 2. The van der Waals surface area contributed by atoms with E-state index in [-0.39, 0.29) is 17.5 Å². The molecule has 4 nitrogen and oxygen atoms in total. The van der Waals surface area contributed by atoms with Crippen molar-refractivity contribution < 1.29 is 14.3 Å². The summed E-state index contributed by atoms with van der Waals surface area (Å²) in [7, 11) is 1.35. The molecule has 0 radical (unpaired) electrons. The molecule has 1 aliphatic heterocycles. The standard InChI is InChI=1S/C12H19NO3S2/c1-8(2)10-13-12(3,7-18-10)11(15)17-6-5-9(14)16-4/h8H,5-7H2,1-4H3/t12-/m1/s1. The zero-order valence-corrected chi connectivity index (χ0v) is 12.8. The van der Waals surface area contributed by atoms with Gasteiger partial charge in [-0.05, 0) is 6.92 Å². The van der Waals surface area contributed by atoms with Gasteiger partial charge in [0.25, 0.3) is 0 Å². The molecular formula is C12H19NO3S2. The third kappa shape index (κ3) is 4.02. The van der Waals surface area contributed by atoms with Gasteiger partial charge in [-0.25, -0.2) is 0 Å². The van der Waals surface area contributed by atoms with E-state index in [4.69, 9.17) is 0 Å². The molecule has 0 N–H and O–H groups in total. The Morgan fingerprint density at radius 1 is 1.56 bits per heavy atom. The second-order valence-electron chi connectivity index (χ2n) is 4.63. The number of nitrogens with zero attached hydrogens (tertiary/aromatic N) is 1. The molecule has 0 saturated heterocycles. The summed E-state index contributed by atoms with van der Waals surface area (Å²) >= 11 is 2.82. The number of esters is 1. The quantitative estimate of drug-likeness (QED) is 0.727. The van der Waals surface area contributed by atoms with E-state index in [1.54, 1.807) is 11.8 Å². The Kier molecular flexibility index (Phi) is 5.72. The Morgan fingerprint density at radius 2 is 2.22 bits per heavy atom. The van der Waals surface area contributed by atoms with Gasteiger partial charge >= 0.3 is 5.97 Å². The van der Waals surface area contributed by atoms with Crippen molar-refractivity contribution in [3.05, 3.63) is 0 Å². The lowest BCUT2D eigenvalue weighted by Gasteiger charge is -2.16. The fourth-order valence-corrected chi connectivity index (χ4v) is 3.61. The number of methoxy groups -OCH3 is 1. The van der Waals surface area contributed by atoms with Gasteiger partial charge in [0.1, 0.15) is 5.54 Å². The molecule has 0 aromatic heterocycles. The monoisotopic (exact) mass is 289 g/mol. The fraction of sp³-hybridized carbons (Fsp3) is 0.750. The minimum atomic E-state index is -0.634. The van der Waals surface area contributed by atoms with Crippen LogP contribution in [0.1, 0.15) is 27.2 Å². The molecule has 1 rings (SSSR count). The largest absolute Gasteiger partial charge is 0.469 e. The lowest BCUT2D eigenvalue weighted by molar-refractivity contribution is -0.140. The summed E-state index contributed by atoms with van der Waals surface area (Å²) in [4.78, 5) is 27.6. The van der Waals surface area contributed by atoms with Crippen LogP contribution in [0.25, 0.3) is 0 Å². The maximum atomic E-state index is 12.1. The average Bonchev–Trinajstić information content (AvgIpc) is 2.73. The number of aliphatic imine (C=N–C) groups is 1. The highest BCUT2D eigenvalue weighted by Crippen LogP contribution is 2.34. The lowest BCUT2D eigenvalue weighted by atomic mass is 10.1. The van der Waals surface area contributed by atoms with Crippen LogP contribution in [0.2, 0.25) is 0 Å². The van der Waals surface area contributed by atoms with Gasteiger partial charge in [0.05, 0.1) is 18.6 Å². The maximum Gasteiger partial charge on any atom is 0.306 e. The Morgan fingerprint density at radius 3 is 2.72 bits per heavy atom. The van der Waals surface area contributed by atoms with Crippen molar-refractivity contribution in [2.24, 2.45) is 10.9 Å². The first-order valence-electron chi connectivity index (χ1n) is 5.85. The third-order valence-electron chi connectivity index (χ3n) is 2.56. The van der Waals surface area contributed by atoms with E-state index in [1.165, 1.54) is 18.9 Å². The van der Waals surface area contributed by atoms with E-state index in [2.05, 4.69) is 23.6 Å². The van der Waals surface area contributed by atoms with Crippen LogP contribution in [0.4, 0.5) is 0 Å². The topological polar surface area (TPSA) is 55.7 Å². The summed E-state index contributed by atoms with van der Waals surface area (Å²) < 4.78 is 4.54. The molecule has 0 unspecified atom stereocenters. The summed E-state index contributed by atoms with van der Waals surface area (Å²) in [6, 6.07) is 0. The van der Waals surface area contributed by atoms with Crippen LogP contribution in [0, 0.1) is 5.92 Å². The lowest BCUT2D eigenvalue weighted by Crippen LogP contribution is -2.31. The molecule has 0 bridgehead atoms. The van der Waals surface area contributed by atoms with E-state index in [9.17, 15) is 9.59 Å². The van der Waals surface area contributed by atoms with E-state index in [1.807, 2.05) is 6.92 Å². The fourth-order valence-electron chi connectivity index (χ4n) is 1.41. The Balaban J connectivity index is 2.49. The highest BCUT2D eigenvalue weighted by Gasteiger charge is 2.38. The SMILES string of the molecule is COC(=O)CCSC(=O)[C@@]1(C)CSC(C(C)C)=N1. The molecule has 0 aromatic rings. The van der Waals surface area contributed by atoms with Crippen molar-refractivity contribution in [3.8, 4) is 0 Å². The molecule has 1 heterocycles. The minimum absolute atomic E-state index is 0.0366. The summed E-state index contributed by atoms with van der Waals surface area (Å²) in [5, 5.41) is 1.08. The molecule has 102 valence electrons. The van der Waals surface area contributed by atoms with Gasteiger partial charge in [-0.15, -0.1) is 11.8 Å². The smallest absolute Gasteiger partial charge is 0.306 e. The number of ether oxygens (including phenoxy) is 1. The Bertz CT molecular complexity index is 368. The van der Waals surface area contributed by atoms with Gasteiger partial charge in [-0.1, -0.05) is 25.6 Å². The molecule has 1 atom stereocenters. The summed E-state index contributed by atoms with van der Waals surface area (Å²) in [5.74, 6) is 1.24. The van der Waals surface area contributed by atoms with E-state index in [0.717, 1.165) is 5.04 Å². The molecule has 6 heteroatoms. The first-order valence-corrected chi connectivity index (χ1v) is 7.83. The molecule has 1 aliphatic rings. The van der Waals surface area contributed by atoms with Gasteiger partial charge in [0, 0.05) is 17.4 Å². The van der Waals surface area contributed by atoms with Gasteiger partial charge < -0.3 is 4.74 Å². The molecule has 0 aliphatic carbocycles. The Labute approximate surface area is 116 Å². The molecule has 0 fully saturated rings. The predicted molar refractivity (Wildman–Crippen MR) is 77.2 cm³/mol. The molecule has 0 aromatic carbocycles. The molecular weight excluding hydrogens is 270 g/mol. The van der Waals surface area contributed by atoms with Crippen LogP contribution in [-0.2, 0) is 14.3 Å². The molecule has 18 heavy (non-hydrogen) atoms. The van der Waals surface area contributed by atoms with Crippen molar-refractivity contribution in [3.63, 3.8) is 0 Å². The first kappa shape index (κ1) is 15.6. The normalized spacial score (nSPS) is 23.1. The van der Waals surface area contributed by atoms with Crippen LogP contribution in [-0.4, -0.2) is 40.3 Å². The highest BCUT2D eigenvalue weighted by atomic mass is 32.2. The zero-order chi connectivity index (χ0) is 13.8. The second-order valence-corrected chi connectivity index (χ2v) is 6.69. The van der Waals surface area contributed by atoms with E-state index >= 15 is 0 Å². The maximum absolute atomic E-state index is 12.1. The highest BCUT2D eigenvalue weighted by molar-refractivity contribution is 8.15. The third-order valence-corrected chi connectivity index (χ3v) is 5.23. The summed E-state index contributed by atoms with van der Waals surface area (Å²) in [6.45, 7) is 6.02. The number of hydrogen-bond donors (Lipinski definition) is 0.